The van der Waals surface area contributed by atoms with Crippen molar-refractivity contribution in [3.05, 3.63) is 0 Å². The fraction of sp³-hybridized carbons (Fsp3) is 0. The van der Waals surface area contributed by atoms with Crippen molar-refractivity contribution in [3.8, 4) is 0 Å². The van der Waals surface area contributed by atoms with Crippen molar-refractivity contribution >= 4 is 32.1 Å². The summed E-state index contributed by atoms with van der Waals surface area (Å²) in [4.78, 5) is 34.3. The van der Waals surface area contributed by atoms with Gasteiger partial charge >= 0.3 is 56.6 Å². The van der Waals surface area contributed by atoms with Crippen molar-refractivity contribution in [3.63, 3.8) is 0 Å². The van der Waals surface area contributed by atoms with Crippen LogP contribution in [0.5, 0.6) is 0 Å². The Kier molecular flexibility index (Phi) is 24.9. The summed E-state index contributed by atoms with van der Waals surface area (Å²) < 4.78 is 0. The largest absolute Gasteiger partial charge is 2.00 e. The Morgan fingerprint density at radius 1 is 0.875 bits per heavy atom. The molecule has 0 bridgehead atoms. The number of rotatable bonds is 0. The van der Waals surface area contributed by atoms with Gasteiger partial charge in [-0.1, -0.05) is 0 Å². The maximum absolute atomic E-state index is 8.58. The summed E-state index contributed by atoms with van der Waals surface area (Å²) in [6.07, 6.45) is 0. The zero-order valence-electron chi connectivity index (χ0n) is 3.46. The maximum Gasteiger partial charge on any atom is 2.00 e. The van der Waals surface area contributed by atoms with Gasteiger partial charge in [0.2, 0.25) is 0 Å². The Bertz CT molecular complexity index is 31.5. The molecule has 0 amide bonds. The molecule has 0 aliphatic rings. The molecule has 0 aromatic heterocycles. The summed E-state index contributed by atoms with van der Waals surface area (Å²) in [6, 6.07) is 0. The molecule has 0 unspecified atom stereocenters. The molecule has 8 heavy (non-hydrogen) atoms. The van der Waals surface area contributed by atoms with Crippen molar-refractivity contribution in [2.75, 3.05) is 0 Å². The number of hydrogen-bond donors (Lipinski definition) is 0. The van der Waals surface area contributed by atoms with Gasteiger partial charge in [0.25, 0.3) is 0 Å². The van der Waals surface area contributed by atoms with Gasteiger partial charge in [0, 0.05) is 0 Å². The maximum atomic E-state index is 8.58. The van der Waals surface area contributed by atoms with Crippen LogP contribution in [0.15, 0.2) is 0 Å². The quantitative estimate of drug-likeness (QED) is 0.394. The fourth-order valence-electron chi connectivity index (χ4n) is 0. The van der Waals surface area contributed by atoms with Crippen molar-refractivity contribution in [1.82, 2.24) is 0 Å². The normalized spacial score (nSPS) is 7.50. The summed E-state index contributed by atoms with van der Waals surface area (Å²) in [7, 11) is -5.61. The summed E-state index contributed by atoms with van der Waals surface area (Å²) in [5, 5.41) is 0. The third kappa shape index (κ3) is 109. The molecular formula is CuMgNiO4Si+2. The van der Waals surface area contributed by atoms with Crippen LogP contribution in [0.1, 0.15) is 0 Å². The van der Waals surface area contributed by atoms with Crippen molar-refractivity contribution in [2.45, 2.75) is 0 Å². The smallest absolute Gasteiger partial charge is 0.894 e. The second-order valence-electron chi connectivity index (χ2n) is 0.500. The fourth-order valence-corrected chi connectivity index (χ4v) is 0. The Hall–Kier alpha value is 1.84. The first-order valence-electron chi connectivity index (χ1n) is 0.816. The van der Waals surface area contributed by atoms with Crippen LogP contribution >= 0.6 is 0 Å². The summed E-state index contributed by atoms with van der Waals surface area (Å²) in [5.74, 6) is 0. The molecule has 0 aromatic rings. The predicted octanol–water partition coefficient (Wildman–Crippen LogP) is -5.52. The second kappa shape index (κ2) is 8.84. The molecule has 0 fully saturated rings. The van der Waals surface area contributed by atoms with Crippen LogP contribution in [0.3, 0.4) is 0 Å². The molecule has 0 aliphatic heterocycles. The zero-order chi connectivity index (χ0) is 4.50. The molecule has 0 saturated heterocycles. The van der Waals surface area contributed by atoms with Gasteiger partial charge < -0.3 is 28.2 Å². The summed E-state index contributed by atoms with van der Waals surface area (Å²) in [5.41, 5.74) is 0. The average molecular weight is 239 g/mol. The van der Waals surface area contributed by atoms with Gasteiger partial charge in [-0.25, -0.2) is 0 Å². The Morgan fingerprint density at radius 3 is 0.875 bits per heavy atom. The van der Waals surface area contributed by atoms with Crippen LogP contribution in [-0.2, 0) is 33.6 Å². The van der Waals surface area contributed by atoms with Crippen molar-refractivity contribution < 1.29 is 52.7 Å². The molecule has 0 aliphatic carbocycles. The Labute approximate surface area is 84.3 Å². The first-order valence-corrected chi connectivity index (χ1v) is 2.45. The molecular weight excluding hydrogens is 239 g/mol. The molecule has 4 nitrogen and oxygen atoms in total. The molecule has 0 atom stereocenters. The first-order chi connectivity index (χ1) is 2.00. The summed E-state index contributed by atoms with van der Waals surface area (Å²) in [6.45, 7) is 0. The topological polar surface area (TPSA) is 92.2 Å². The number of hydrogen-bond acceptors (Lipinski definition) is 4. The van der Waals surface area contributed by atoms with E-state index in [2.05, 4.69) is 0 Å². The molecule has 0 N–H and O–H groups in total. The van der Waals surface area contributed by atoms with Gasteiger partial charge in [0.1, 0.15) is 0 Å². The molecule has 0 rings (SSSR count). The Morgan fingerprint density at radius 2 is 0.875 bits per heavy atom. The van der Waals surface area contributed by atoms with Gasteiger partial charge in [-0.15, -0.1) is 0 Å². The second-order valence-corrected chi connectivity index (χ2v) is 1.50. The minimum Gasteiger partial charge on any atom is -0.894 e. The van der Waals surface area contributed by atoms with E-state index >= 15 is 0 Å². The molecule has 8 heteroatoms. The zero-order valence-corrected chi connectivity index (χ0v) is 7.80. The average Bonchev–Trinajstić information content (AvgIpc) is 0.722. The predicted molar refractivity (Wildman–Crippen MR) is 11.5 cm³/mol. The van der Waals surface area contributed by atoms with Crippen LogP contribution in [0.4, 0.5) is 0 Å². The molecule has 1 radical (unpaired) electrons. The van der Waals surface area contributed by atoms with Gasteiger partial charge in [-0.05, 0) is 0 Å². The molecule has 49 valence electrons. The van der Waals surface area contributed by atoms with Gasteiger partial charge in [0.05, 0.1) is 0 Å². The van der Waals surface area contributed by atoms with Gasteiger partial charge in [0.15, 0.2) is 0 Å². The van der Waals surface area contributed by atoms with Gasteiger partial charge in [-0.2, -0.15) is 0 Å². The van der Waals surface area contributed by atoms with Crippen LogP contribution < -0.4 is 19.2 Å². The van der Waals surface area contributed by atoms with E-state index in [4.69, 9.17) is 19.2 Å². The first kappa shape index (κ1) is 22.5. The SMILES string of the molecule is [Cu+2].[Mg+2].[Ni+2].[O-][Si]([O-])([O-])[O-]. The van der Waals surface area contributed by atoms with E-state index in [0.717, 1.165) is 0 Å². The van der Waals surface area contributed by atoms with Crippen molar-refractivity contribution in [2.24, 2.45) is 0 Å². The minimum atomic E-state index is -5.61. The van der Waals surface area contributed by atoms with Crippen LogP contribution in [0.25, 0.3) is 0 Å². The van der Waals surface area contributed by atoms with E-state index in [-0.39, 0.29) is 56.6 Å². The van der Waals surface area contributed by atoms with Crippen molar-refractivity contribution in [1.29, 1.82) is 0 Å². The van der Waals surface area contributed by atoms with E-state index in [1.807, 2.05) is 0 Å². The van der Waals surface area contributed by atoms with E-state index in [9.17, 15) is 0 Å². The van der Waals surface area contributed by atoms with Crippen LogP contribution in [0.2, 0.25) is 0 Å². The minimum absolute atomic E-state index is 0. The van der Waals surface area contributed by atoms with Gasteiger partial charge in [-0.3, -0.25) is 0 Å². The van der Waals surface area contributed by atoms with E-state index in [0.29, 0.717) is 0 Å². The third-order valence-corrected chi connectivity index (χ3v) is 0. The Balaban J connectivity index is -0.0000000267. The summed E-state index contributed by atoms with van der Waals surface area (Å²) >= 11 is 0. The monoisotopic (exact) mass is 237 g/mol. The molecule has 0 heterocycles. The third-order valence-electron chi connectivity index (χ3n) is 0. The van der Waals surface area contributed by atoms with E-state index < -0.39 is 9.05 Å². The molecule has 0 aromatic carbocycles. The molecule has 0 spiro atoms. The van der Waals surface area contributed by atoms with Crippen LogP contribution in [0, 0.1) is 0 Å². The standard InChI is InChI=1S/Cu.Mg.Ni.O4Si/c;;;1-5(2,3)4/q3*+2;-4. The van der Waals surface area contributed by atoms with E-state index in [1.54, 1.807) is 0 Å². The van der Waals surface area contributed by atoms with E-state index in [1.165, 1.54) is 0 Å². The molecule has 0 saturated carbocycles. The van der Waals surface area contributed by atoms with Crippen LogP contribution in [-0.4, -0.2) is 32.1 Å².